The molecule has 0 aliphatic carbocycles. The largest absolute Gasteiger partial charge is 0.385 e. The fourth-order valence-electron chi connectivity index (χ4n) is 4.06. The normalized spacial score (nSPS) is 22.1. The number of nitrogens with zero attached hydrogens (tertiary/aromatic N) is 1. The quantitative estimate of drug-likeness (QED) is 0.622. The van der Waals surface area contributed by atoms with Crippen LogP contribution in [-0.2, 0) is 9.53 Å². The molecule has 2 aliphatic rings. The summed E-state index contributed by atoms with van der Waals surface area (Å²) >= 11 is 6.42. The Hall–Kier alpha value is -2.22. The third-order valence-electron chi connectivity index (χ3n) is 5.88. The number of carbonyl (C=O) groups is 1. The Balaban J connectivity index is 1.44. The molecule has 166 valence electrons. The molecular formula is C23H28ClFN4O2. The molecule has 2 atom stereocenters. The second-order valence-electron chi connectivity index (χ2n) is 8.24. The smallest absolute Gasteiger partial charge is 0.230 e. The number of ether oxygens (including phenoxy) is 1. The van der Waals surface area contributed by atoms with Crippen molar-refractivity contribution in [2.45, 2.75) is 25.4 Å². The number of hydrogen-bond acceptors (Lipinski definition) is 5. The molecule has 2 aromatic rings. The van der Waals surface area contributed by atoms with Crippen LogP contribution in [0.4, 0.5) is 15.9 Å². The SMILES string of the molecule is O=C(Nc1cc(-c2cccc(NCC3CCOCC3)c2)c(Cl)cn1)[C@H]1CNC[C@@H](F)C1. The fourth-order valence-corrected chi connectivity index (χ4v) is 4.27. The molecule has 0 unspecified atom stereocenters. The van der Waals surface area contributed by atoms with Gasteiger partial charge >= 0.3 is 0 Å². The molecule has 2 fully saturated rings. The van der Waals surface area contributed by atoms with E-state index in [1.165, 1.54) is 6.20 Å². The highest BCUT2D eigenvalue weighted by Gasteiger charge is 2.27. The zero-order valence-corrected chi connectivity index (χ0v) is 18.1. The lowest BCUT2D eigenvalue weighted by atomic mass is 9.97. The van der Waals surface area contributed by atoms with Crippen LogP contribution in [0.2, 0.25) is 5.02 Å². The van der Waals surface area contributed by atoms with Crippen LogP contribution in [0.5, 0.6) is 0 Å². The molecule has 4 rings (SSSR count). The Kier molecular flexibility index (Phi) is 7.37. The van der Waals surface area contributed by atoms with Crippen molar-refractivity contribution in [2.75, 3.05) is 43.5 Å². The van der Waals surface area contributed by atoms with Crippen LogP contribution in [0.3, 0.4) is 0 Å². The van der Waals surface area contributed by atoms with Crippen molar-refractivity contribution >= 4 is 29.0 Å². The van der Waals surface area contributed by atoms with Crippen LogP contribution < -0.4 is 16.0 Å². The van der Waals surface area contributed by atoms with Gasteiger partial charge < -0.3 is 20.7 Å². The second-order valence-corrected chi connectivity index (χ2v) is 8.65. The molecule has 0 bridgehead atoms. The minimum atomic E-state index is -1.00. The maximum atomic E-state index is 13.6. The molecule has 1 aromatic carbocycles. The highest BCUT2D eigenvalue weighted by Crippen LogP contribution is 2.31. The Bertz CT molecular complexity index is 907. The summed E-state index contributed by atoms with van der Waals surface area (Å²) in [6.07, 6.45) is 2.90. The molecule has 8 heteroatoms. The van der Waals surface area contributed by atoms with Crippen LogP contribution >= 0.6 is 11.6 Å². The van der Waals surface area contributed by atoms with Crippen molar-refractivity contribution in [3.05, 3.63) is 41.6 Å². The summed E-state index contributed by atoms with van der Waals surface area (Å²) in [6, 6.07) is 9.80. The minimum Gasteiger partial charge on any atom is -0.385 e. The van der Waals surface area contributed by atoms with Gasteiger partial charge in [-0.1, -0.05) is 23.7 Å². The van der Waals surface area contributed by atoms with Gasteiger partial charge in [0.2, 0.25) is 5.91 Å². The summed E-state index contributed by atoms with van der Waals surface area (Å²) in [7, 11) is 0. The van der Waals surface area contributed by atoms with Crippen molar-refractivity contribution in [1.29, 1.82) is 0 Å². The van der Waals surface area contributed by atoms with E-state index in [0.717, 1.165) is 49.4 Å². The number of carbonyl (C=O) groups excluding carboxylic acids is 1. The third-order valence-corrected chi connectivity index (χ3v) is 6.18. The number of piperidine rings is 1. The average Bonchev–Trinajstić information content (AvgIpc) is 2.80. The molecule has 2 aliphatic heterocycles. The highest BCUT2D eigenvalue weighted by atomic mass is 35.5. The van der Waals surface area contributed by atoms with E-state index >= 15 is 0 Å². The summed E-state index contributed by atoms with van der Waals surface area (Å²) in [5, 5.41) is 9.77. The van der Waals surface area contributed by atoms with Gasteiger partial charge in [0.05, 0.1) is 10.9 Å². The van der Waals surface area contributed by atoms with E-state index in [1.807, 2.05) is 24.3 Å². The summed E-state index contributed by atoms with van der Waals surface area (Å²) < 4.78 is 19.0. The predicted octanol–water partition coefficient (Wildman–Crippen LogP) is 4.13. The predicted molar refractivity (Wildman–Crippen MR) is 121 cm³/mol. The summed E-state index contributed by atoms with van der Waals surface area (Å²) in [4.78, 5) is 16.8. The summed E-state index contributed by atoms with van der Waals surface area (Å²) in [6.45, 7) is 3.33. The standard InChI is InChI=1S/C23H28ClFN4O2/c24-21-14-28-22(29-23(30)17-8-18(25)13-26-12-17)10-20(21)16-2-1-3-19(9-16)27-11-15-4-6-31-7-5-15/h1-3,9-10,14-15,17-18,26-27H,4-8,11-13H2,(H,28,29,30)/t17-,18+/m1/s1. The van der Waals surface area contributed by atoms with Crippen LogP contribution in [0.25, 0.3) is 11.1 Å². The molecule has 0 radical (unpaired) electrons. The van der Waals surface area contributed by atoms with Gasteiger partial charge in [0.15, 0.2) is 0 Å². The Labute approximate surface area is 186 Å². The van der Waals surface area contributed by atoms with Crippen molar-refractivity contribution in [1.82, 2.24) is 10.3 Å². The molecule has 0 saturated carbocycles. The lowest BCUT2D eigenvalue weighted by Crippen LogP contribution is -2.42. The number of aromatic nitrogens is 1. The van der Waals surface area contributed by atoms with Crippen molar-refractivity contribution in [3.63, 3.8) is 0 Å². The van der Waals surface area contributed by atoms with Crippen molar-refractivity contribution < 1.29 is 13.9 Å². The molecular weight excluding hydrogens is 419 g/mol. The topological polar surface area (TPSA) is 75.3 Å². The lowest BCUT2D eigenvalue weighted by molar-refractivity contribution is -0.120. The van der Waals surface area contributed by atoms with E-state index in [2.05, 4.69) is 20.9 Å². The number of rotatable bonds is 6. The number of nitrogens with one attached hydrogen (secondary N) is 3. The van der Waals surface area contributed by atoms with Crippen LogP contribution in [0.1, 0.15) is 19.3 Å². The maximum Gasteiger partial charge on any atom is 0.230 e. The van der Waals surface area contributed by atoms with Gasteiger partial charge in [-0.05, 0) is 48.9 Å². The first-order valence-corrected chi connectivity index (χ1v) is 11.2. The van der Waals surface area contributed by atoms with E-state index < -0.39 is 12.1 Å². The summed E-state index contributed by atoms with van der Waals surface area (Å²) in [5.41, 5.74) is 2.74. The molecule has 1 aromatic heterocycles. The number of amides is 1. The van der Waals surface area contributed by atoms with Crippen molar-refractivity contribution in [2.24, 2.45) is 11.8 Å². The molecule has 2 saturated heterocycles. The maximum absolute atomic E-state index is 13.6. The lowest BCUT2D eigenvalue weighted by Gasteiger charge is -2.24. The second kappa shape index (κ2) is 10.4. The summed E-state index contributed by atoms with van der Waals surface area (Å²) in [5.74, 6) is 0.373. The first-order valence-electron chi connectivity index (χ1n) is 10.8. The fraction of sp³-hybridized carbons (Fsp3) is 0.478. The number of benzene rings is 1. The average molecular weight is 447 g/mol. The van der Waals surface area contributed by atoms with Gasteiger partial charge in [0.1, 0.15) is 12.0 Å². The third kappa shape index (κ3) is 5.93. The van der Waals surface area contributed by atoms with Crippen LogP contribution in [0.15, 0.2) is 36.5 Å². The van der Waals surface area contributed by atoms with E-state index in [0.29, 0.717) is 29.8 Å². The van der Waals surface area contributed by atoms with Crippen LogP contribution in [0, 0.1) is 11.8 Å². The minimum absolute atomic E-state index is 0.222. The molecule has 31 heavy (non-hydrogen) atoms. The van der Waals surface area contributed by atoms with E-state index in [-0.39, 0.29) is 12.3 Å². The van der Waals surface area contributed by atoms with Gasteiger partial charge in [0, 0.05) is 50.3 Å². The van der Waals surface area contributed by atoms with Crippen LogP contribution in [-0.4, -0.2) is 49.9 Å². The molecule has 0 spiro atoms. The number of halogens is 2. The Morgan fingerprint density at radius 3 is 2.90 bits per heavy atom. The highest BCUT2D eigenvalue weighted by molar-refractivity contribution is 6.33. The van der Waals surface area contributed by atoms with E-state index in [9.17, 15) is 9.18 Å². The van der Waals surface area contributed by atoms with E-state index in [4.69, 9.17) is 16.3 Å². The molecule has 6 nitrogen and oxygen atoms in total. The first-order chi connectivity index (χ1) is 15.1. The number of alkyl halides is 1. The Morgan fingerprint density at radius 2 is 2.10 bits per heavy atom. The number of hydrogen-bond donors (Lipinski definition) is 3. The number of anilines is 2. The van der Waals surface area contributed by atoms with Crippen molar-refractivity contribution in [3.8, 4) is 11.1 Å². The monoisotopic (exact) mass is 446 g/mol. The number of pyridine rings is 1. The molecule has 3 N–H and O–H groups in total. The zero-order valence-electron chi connectivity index (χ0n) is 17.4. The molecule has 1 amide bonds. The van der Waals surface area contributed by atoms with Gasteiger partial charge in [0.25, 0.3) is 0 Å². The van der Waals surface area contributed by atoms with Gasteiger partial charge in [-0.2, -0.15) is 0 Å². The van der Waals surface area contributed by atoms with E-state index in [1.54, 1.807) is 6.07 Å². The molecule has 3 heterocycles. The zero-order chi connectivity index (χ0) is 21.6. The van der Waals surface area contributed by atoms with Gasteiger partial charge in [-0.3, -0.25) is 4.79 Å². The van der Waals surface area contributed by atoms with Gasteiger partial charge in [-0.15, -0.1) is 0 Å². The Morgan fingerprint density at radius 1 is 1.26 bits per heavy atom. The first kappa shape index (κ1) is 22.0. The van der Waals surface area contributed by atoms with Gasteiger partial charge in [-0.25, -0.2) is 9.37 Å².